The second-order valence-electron chi connectivity index (χ2n) is 9.66. The lowest BCUT2D eigenvalue weighted by molar-refractivity contribution is -0.148. The van der Waals surface area contributed by atoms with Crippen molar-refractivity contribution in [3.8, 4) is 11.5 Å². The Balaban J connectivity index is 1.59. The van der Waals surface area contributed by atoms with Gasteiger partial charge in [-0.2, -0.15) is 0 Å². The molecule has 7 nitrogen and oxygen atoms in total. The van der Waals surface area contributed by atoms with Gasteiger partial charge in [-0.25, -0.2) is 4.39 Å². The van der Waals surface area contributed by atoms with Crippen LogP contribution in [0.15, 0.2) is 42.5 Å². The highest BCUT2D eigenvalue weighted by Gasteiger charge is 2.32. The summed E-state index contributed by atoms with van der Waals surface area (Å²) in [7, 11) is 0. The molecule has 0 unspecified atom stereocenters. The Labute approximate surface area is 210 Å². The van der Waals surface area contributed by atoms with Crippen molar-refractivity contribution in [1.82, 2.24) is 9.80 Å². The zero-order valence-corrected chi connectivity index (χ0v) is 21.2. The van der Waals surface area contributed by atoms with Crippen LogP contribution in [0.3, 0.4) is 0 Å². The van der Waals surface area contributed by atoms with Crippen molar-refractivity contribution >= 4 is 23.5 Å². The molecule has 1 aliphatic rings. The smallest absolute Gasteiger partial charge is 0.312 e. The van der Waals surface area contributed by atoms with E-state index in [2.05, 4.69) is 11.8 Å². The summed E-state index contributed by atoms with van der Waals surface area (Å²) in [5.41, 5.74) is -0.0796. The summed E-state index contributed by atoms with van der Waals surface area (Å²) in [5, 5.41) is 9.72. The molecule has 0 bridgehead atoms. The third-order valence-electron chi connectivity index (χ3n) is 6.16. The number of amides is 1. The molecule has 0 saturated carbocycles. The molecule has 1 amide bonds. The Kier molecular flexibility index (Phi) is 8.61. The van der Waals surface area contributed by atoms with Crippen LogP contribution >= 0.6 is 11.6 Å². The quantitative estimate of drug-likeness (QED) is 0.540. The van der Waals surface area contributed by atoms with Crippen LogP contribution in [0.5, 0.6) is 11.5 Å². The number of benzene rings is 2. The molecule has 2 aromatic rings. The first-order chi connectivity index (χ1) is 16.5. The Morgan fingerprint density at radius 2 is 1.74 bits per heavy atom. The van der Waals surface area contributed by atoms with Gasteiger partial charge < -0.3 is 19.5 Å². The molecule has 3 rings (SSSR count). The van der Waals surface area contributed by atoms with Gasteiger partial charge in [0, 0.05) is 42.8 Å². The van der Waals surface area contributed by atoms with Crippen molar-refractivity contribution in [3.63, 3.8) is 0 Å². The summed E-state index contributed by atoms with van der Waals surface area (Å²) in [6.45, 7) is 8.81. The summed E-state index contributed by atoms with van der Waals surface area (Å²) in [6, 6.07) is 11.3. The minimum Gasteiger partial charge on any atom is -0.488 e. The van der Waals surface area contributed by atoms with Crippen molar-refractivity contribution in [2.24, 2.45) is 5.41 Å². The summed E-state index contributed by atoms with van der Waals surface area (Å²) in [4.78, 5) is 28.5. The van der Waals surface area contributed by atoms with E-state index in [0.717, 1.165) is 5.56 Å². The normalized spacial score (nSPS) is 18.9. The first-order valence-electron chi connectivity index (χ1n) is 11.5. The Hall–Kier alpha value is -2.84. The summed E-state index contributed by atoms with van der Waals surface area (Å²) in [5.74, 6) is -0.799. The number of nitrogens with zero attached hydrogens (tertiary/aromatic N) is 2. The number of carbonyl (C=O) groups excluding carboxylic acids is 1. The first-order valence-corrected chi connectivity index (χ1v) is 11.9. The predicted octanol–water partition coefficient (Wildman–Crippen LogP) is 4.47. The van der Waals surface area contributed by atoms with Gasteiger partial charge in [0.25, 0.3) is 5.91 Å². The van der Waals surface area contributed by atoms with Crippen LogP contribution in [-0.4, -0.2) is 65.2 Å². The molecule has 0 aliphatic carbocycles. The number of carboxylic acid groups (broad SMARTS) is 1. The van der Waals surface area contributed by atoms with Crippen molar-refractivity contribution in [1.29, 1.82) is 0 Å². The summed E-state index contributed by atoms with van der Waals surface area (Å²) < 4.78 is 24.7. The fourth-order valence-corrected chi connectivity index (χ4v) is 4.01. The van der Waals surface area contributed by atoms with E-state index in [0.29, 0.717) is 30.4 Å². The summed E-state index contributed by atoms with van der Waals surface area (Å²) in [6.07, 6.45) is 0. The number of piperazine rings is 1. The molecule has 1 saturated heterocycles. The van der Waals surface area contributed by atoms with E-state index >= 15 is 0 Å². The molecule has 1 N–H and O–H groups in total. The van der Waals surface area contributed by atoms with Gasteiger partial charge in [-0.05, 0) is 57.5 Å². The molecule has 35 heavy (non-hydrogen) atoms. The molecule has 0 spiro atoms. The number of carboxylic acids is 1. The number of carbonyl (C=O) groups is 2. The average Bonchev–Trinajstić information content (AvgIpc) is 2.80. The highest BCUT2D eigenvalue weighted by atomic mass is 35.5. The van der Waals surface area contributed by atoms with Gasteiger partial charge >= 0.3 is 5.97 Å². The van der Waals surface area contributed by atoms with Crippen LogP contribution in [-0.2, 0) is 16.1 Å². The molecule has 190 valence electrons. The minimum atomic E-state index is -1.10. The zero-order chi connectivity index (χ0) is 25.8. The van der Waals surface area contributed by atoms with E-state index in [9.17, 15) is 19.1 Å². The lowest BCUT2D eigenvalue weighted by Gasteiger charge is -2.44. The zero-order valence-electron chi connectivity index (χ0n) is 20.5. The summed E-state index contributed by atoms with van der Waals surface area (Å²) >= 11 is 6.08. The van der Waals surface area contributed by atoms with Crippen LogP contribution in [0.2, 0.25) is 5.02 Å². The van der Waals surface area contributed by atoms with E-state index in [1.54, 1.807) is 43.0 Å². The number of aliphatic carboxylic acids is 1. The van der Waals surface area contributed by atoms with E-state index in [4.69, 9.17) is 21.1 Å². The first kappa shape index (κ1) is 26.8. The molecular weight excluding hydrogens is 475 g/mol. The molecule has 1 aliphatic heterocycles. The van der Waals surface area contributed by atoms with Crippen LogP contribution in [0.4, 0.5) is 4.39 Å². The number of hydrogen-bond donors (Lipinski definition) is 1. The van der Waals surface area contributed by atoms with Gasteiger partial charge in [-0.15, -0.1) is 0 Å². The van der Waals surface area contributed by atoms with Crippen LogP contribution < -0.4 is 9.47 Å². The maximum atomic E-state index is 13.2. The van der Waals surface area contributed by atoms with Gasteiger partial charge in [-0.1, -0.05) is 23.7 Å². The van der Waals surface area contributed by atoms with Crippen molar-refractivity contribution < 1.29 is 28.6 Å². The fourth-order valence-electron chi connectivity index (χ4n) is 3.85. The lowest BCUT2D eigenvalue weighted by Crippen LogP contribution is -2.58. The lowest BCUT2D eigenvalue weighted by atomic mass is 9.95. The van der Waals surface area contributed by atoms with Crippen LogP contribution in [0.25, 0.3) is 0 Å². The second-order valence-corrected chi connectivity index (χ2v) is 10.1. The third kappa shape index (κ3) is 7.08. The van der Waals surface area contributed by atoms with E-state index in [1.807, 2.05) is 6.92 Å². The number of ether oxygens (including phenoxy) is 2. The topological polar surface area (TPSA) is 79.3 Å². The third-order valence-corrected chi connectivity index (χ3v) is 6.39. The SMILES string of the molecule is C[C@@H]1CN(Cc2ccc(F)cc2)[C@@H](C)CN1C(=O)COc1ccc(Cl)cc1OCC(C)(C)C(=O)O. The van der Waals surface area contributed by atoms with E-state index in [1.165, 1.54) is 18.2 Å². The van der Waals surface area contributed by atoms with Crippen molar-refractivity contribution in [3.05, 3.63) is 58.9 Å². The van der Waals surface area contributed by atoms with Gasteiger partial charge in [-0.3, -0.25) is 14.5 Å². The van der Waals surface area contributed by atoms with Crippen molar-refractivity contribution in [2.75, 3.05) is 26.3 Å². The van der Waals surface area contributed by atoms with E-state index in [-0.39, 0.29) is 42.8 Å². The fraction of sp³-hybridized carbons (Fsp3) is 0.462. The molecule has 1 heterocycles. The number of rotatable bonds is 9. The van der Waals surface area contributed by atoms with Gasteiger partial charge in [0.2, 0.25) is 0 Å². The maximum absolute atomic E-state index is 13.2. The Morgan fingerprint density at radius 1 is 1.06 bits per heavy atom. The highest BCUT2D eigenvalue weighted by molar-refractivity contribution is 6.30. The maximum Gasteiger partial charge on any atom is 0.312 e. The molecule has 1 fully saturated rings. The van der Waals surface area contributed by atoms with Crippen LogP contribution in [0, 0.1) is 11.2 Å². The van der Waals surface area contributed by atoms with Crippen LogP contribution in [0.1, 0.15) is 33.3 Å². The molecule has 0 radical (unpaired) electrons. The monoisotopic (exact) mass is 506 g/mol. The van der Waals surface area contributed by atoms with Gasteiger partial charge in [0.1, 0.15) is 12.4 Å². The van der Waals surface area contributed by atoms with E-state index < -0.39 is 11.4 Å². The predicted molar refractivity (Wildman–Crippen MR) is 131 cm³/mol. The molecule has 0 aromatic heterocycles. The standard InChI is InChI=1S/C26H32ClFN2O5/c1-17-13-30(18(2)12-29(17)14-19-5-8-21(28)9-6-19)24(31)15-34-22-10-7-20(27)11-23(22)35-16-26(3,4)25(32)33/h5-11,17-18H,12-16H2,1-4H3,(H,32,33)/t17-,18+/m0/s1. The molecular formula is C26H32ClFN2O5. The highest BCUT2D eigenvalue weighted by Crippen LogP contribution is 2.32. The number of hydrogen-bond acceptors (Lipinski definition) is 5. The molecule has 9 heteroatoms. The largest absolute Gasteiger partial charge is 0.488 e. The molecule has 2 atom stereocenters. The Bertz CT molecular complexity index is 1050. The average molecular weight is 507 g/mol. The minimum absolute atomic E-state index is 0.0277. The van der Waals surface area contributed by atoms with Gasteiger partial charge in [0.05, 0.1) is 5.41 Å². The van der Waals surface area contributed by atoms with Crippen molar-refractivity contribution in [2.45, 2.75) is 46.3 Å². The number of halogens is 2. The Morgan fingerprint density at radius 3 is 2.40 bits per heavy atom. The van der Waals surface area contributed by atoms with Gasteiger partial charge in [0.15, 0.2) is 18.1 Å². The molecule has 2 aromatic carbocycles. The second kappa shape index (κ2) is 11.3.